The Labute approximate surface area is 280 Å². The number of rotatable bonds is 9. The first-order valence-electron chi connectivity index (χ1n) is 17.4. The number of benzene rings is 1. The van der Waals surface area contributed by atoms with Gasteiger partial charge in [-0.2, -0.15) is 5.10 Å². The van der Waals surface area contributed by atoms with Gasteiger partial charge in [-0.25, -0.2) is 9.78 Å². The van der Waals surface area contributed by atoms with Crippen LogP contribution in [-0.2, 0) is 9.53 Å². The minimum atomic E-state index is -0.542. The average molecular weight is 644 g/mol. The second-order valence-corrected chi connectivity index (χ2v) is 14.8. The molecule has 2 aromatic heterocycles. The van der Waals surface area contributed by atoms with Gasteiger partial charge < -0.3 is 14.8 Å². The molecule has 0 atom stereocenters. The number of nitrogens with one attached hydrogen (secondary N) is 1. The number of pyridine rings is 1. The Morgan fingerprint density at radius 2 is 1.72 bits per heavy atom. The zero-order valence-electron chi connectivity index (χ0n) is 29.3. The van der Waals surface area contributed by atoms with Crippen LogP contribution >= 0.6 is 0 Å². The Kier molecular flexibility index (Phi) is 10.9. The fourth-order valence-corrected chi connectivity index (χ4v) is 7.08. The summed E-state index contributed by atoms with van der Waals surface area (Å²) in [5.74, 6) is 2.57. The van der Waals surface area contributed by atoms with E-state index in [0.717, 1.165) is 68.2 Å². The van der Waals surface area contributed by atoms with Crippen LogP contribution in [0.5, 0.6) is 5.75 Å². The second kappa shape index (κ2) is 14.9. The molecule has 1 N–H and O–H groups in total. The Morgan fingerprint density at radius 3 is 2.34 bits per heavy atom. The molecule has 2 fully saturated rings. The molecule has 254 valence electrons. The largest absolute Gasteiger partial charge is 0.496 e. The molecule has 2 heterocycles. The summed E-state index contributed by atoms with van der Waals surface area (Å²) in [6.45, 7) is 12.6. The van der Waals surface area contributed by atoms with E-state index >= 15 is 0 Å². The van der Waals surface area contributed by atoms with E-state index in [1.54, 1.807) is 7.11 Å². The van der Waals surface area contributed by atoms with Crippen LogP contribution in [0.3, 0.4) is 0 Å². The lowest BCUT2D eigenvalue weighted by Crippen LogP contribution is -2.45. The zero-order valence-corrected chi connectivity index (χ0v) is 29.3. The highest BCUT2D eigenvalue weighted by Gasteiger charge is 2.34. The van der Waals surface area contributed by atoms with Crippen molar-refractivity contribution in [2.75, 3.05) is 18.6 Å². The van der Waals surface area contributed by atoms with Gasteiger partial charge in [0, 0.05) is 42.5 Å². The lowest BCUT2D eigenvalue weighted by Gasteiger charge is -2.36. The number of amides is 2. The molecule has 0 spiro atoms. The van der Waals surface area contributed by atoms with Crippen molar-refractivity contribution in [1.29, 1.82) is 0 Å². The highest BCUT2D eigenvalue weighted by molar-refractivity contribution is 5.94. The number of aryl methyl sites for hydroxylation is 1. The van der Waals surface area contributed by atoms with Gasteiger partial charge in [0.25, 0.3) is 0 Å². The first-order chi connectivity index (χ1) is 22.4. The summed E-state index contributed by atoms with van der Waals surface area (Å²) in [7, 11) is 1.72. The summed E-state index contributed by atoms with van der Waals surface area (Å²) >= 11 is 0. The minimum absolute atomic E-state index is 0.0122. The van der Waals surface area contributed by atoms with Gasteiger partial charge in [-0.15, -0.1) is 0 Å². The third kappa shape index (κ3) is 8.93. The van der Waals surface area contributed by atoms with Gasteiger partial charge in [0.05, 0.1) is 13.3 Å². The van der Waals surface area contributed by atoms with Gasteiger partial charge in [0.2, 0.25) is 5.91 Å². The standard InChI is InChI=1S/C38H53N5O4/c1-25(2)43-24-32(22-40-43)31-18-19-39-35(21-31)42(36(44)29-12-15-33(16-13-29)41-37(45)47-38(4,5)6)23-27-8-10-28(11-9-27)30-14-17-34(46-7)26(3)20-30/h14,17-22,24-25,27-29,33H,8-13,15-16,23H2,1-7H3,(H,41,45)/t27-,28-,29-,33-. The van der Waals surface area contributed by atoms with Crippen molar-refractivity contribution in [3.8, 4) is 16.9 Å². The molecular weight excluding hydrogens is 590 g/mol. The fraction of sp³-hybridized carbons (Fsp3) is 0.579. The first kappa shape index (κ1) is 34.5. The number of carbonyl (C=O) groups excluding carboxylic acids is 2. The van der Waals surface area contributed by atoms with Crippen molar-refractivity contribution in [3.05, 3.63) is 60.0 Å². The number of aromatic nitrogens is 3. The van der Waals surface area contributed by atoms with E-state index in [1.165, 1.54) is 11.1 Å². The van der Waals surface area contributed by atoms with Crippen LogP contribution < -0.4 is 15.0 Å². The number of methoxy groups -OCH3 is 1. The van der Waals surface area contributed by atoms with E-state index in [9.17, 15) is 9.59 Å². The van der Waals surface area contributed by atoms with Crippen LogP contribution in [0.1, 0.15) is 109 Å². The van der Waals surface area contributed by atoms with Crippen molar-refractivity contribution in [1.82, 2.24) is 20.1 Å². The summed E-state index contributed by atoms with van der Waals surface area (Å²) < 4.78 is 12.9. The summed E-state index contributed by atoms with van der Waals surface area (Å²) in [5.41, 5.74) is 4.02. The van der Waals surface area contributed by atoms with Crippen LogP contribution in [0.25, 0.3) is 11.1 Å². The highest BCUT2D eigenvalue weighted by atomic mass is 16.6. The number of nitrogens with zero attached hydrogens (tertiary/aromatic N) is 4. The summed E-state index contributed by atoms with van der Waals surface area (Å²) in [5, 5.41) is 7.54. The van der Waals surface area contributed by atoms with Gasteiger partial charge in [-0.3, -0.25) is 14.4 Å². The van der Waals surface area contributed by atoms with Crippen LogP contribution in [0.4, 0.5) is 10.6 Å². The molecule has 0 unspecified atom stereocenters. The maximum absolute atomic E-state index is 14.4. The van der Waals surface area contributed by atoms with Gasteiger partial charge in [0.1, 0.15) is 17.2 Å². The van der Waals surface area contributed by atoms with Gasteiger partial charge >= 0.3 is 6.09 Å². The topological polar surface area (TPSA) is 98.6 Å². The predicted molar refractivity (Wildman–Crippen MR) is 186 cm³/mol. The summed E-state index contributed by atoms with van der Waals surface area (Å²) in [4.78, 5) is 33.5. The van der Waals surface area contributed by atoms with E-state index in [2.05, 4.69) is 55.6 Å². The number of anilines is 1. The van der Waals surface area contributed by atoms with Crippen LogP contribution in [0, 0.1) is 18.8 Å². The second-order valence-electron chi connectivity index (χ2n) is 14.8. The molecular formula is C38H53N5O4. The van der Waals surface area contributed by atoms with Crippen LogP contribution in [-0.4, -0.2) is 52.1 Å². The number of hydrogen-bond acceptors (Lipinski definition) is 6. The number of hydrogen-bond donors (Lipinski definition) is 1. The maximum Gasteiger partial charge on any atom is 0.407 e. The van der Waals surface area contributed by atoms with Crippen molar-refractivity contribution >= 4 is 17.8 Å². The van der Waals surface area contributed by atoms with E-state index in [0.29, 0.717) is 24.2 Å². The molecule has 47 heavy (non-hydrogen) atoms. The molecule has 9 heteroatoms. The molecule has 0 aliphatic heterocycles. The molecule has 5 rings (SSSR count). The molecule has 0 bridgehead atoms. The fourth-order valence-electron chi connectivity index (χ4n) is 7.08. The van der Waals surface area contributed by atoms with Crippen molar-refractivity contribution < 1.29 is 19.1 Å². The predicted octanol–water partition coefficient (Wildman–Crippen LogP) is 8.23. The monoisotopic (exact) mass is 643 g/mol. The summed E-state index contributed by atoms with van der Waals surface area (Å²) in [6.07, 6.45) is 12.6. The number of carbonyl (C=O) groups is 2. The Balaban J connectivity index is 1.30. The van der Waals surface area contributed by atoms with E-state index in [1.807, 2.05) is 54.9 Å². The molecule has 1 aromatic carbocycles. The highest BCUT2D eigenvalue weighted by Crippen LogP contribution is 2.39. The van der Waals surface area contributed by atoms with Crippen LogP contribution in [0.15, 0.2) is 48.9 Å². The summed E-state index contributed by atoms with van der Waals surface area (Å²) in [6, 6.07) is 10.9. The van der Waals surface area contributed by atoms with E-state index in [4.69, 9.17) is 14.5 Å². The first-order valence-corrected chi connectivity index (χ1v) is 17.4. The molecule has 9 nitrogen and oxygen atoms in total. The smallest absolute Gasteiger partial charge is 0.407 e. The molecule has 2 aliphatic rings. The van der Waals surface area contributed by atoms with Gasteiger partial charge in [0.15, 0.2) is 0 Å². The third-order valence-corrected chi connectivity index (χ3v) is 9.73. The van der Waals surface area contributed by atoms with Gasteiger partial charge in [-0.1, -0.05) is 12.1 Å². The number of alkyl carbamates (subject to hydrolysis) is 1. The van der Waals surface area contributed by atoms with E-state index in [-0.39, 0.29) is 23.9 Å². The van der Waals surface area contributed by atoms with Gasteiger partial charge in [-0.05, 0) is 140 Å². The molecule has 2 aliphatic carbocycles. The Morgan fingerprint density at radius 1 is 1.00 bits per heavy atom. The van der Waals surface area contributed by atoms with Crippen molar-refractivity contribution in [2.45, 2.75) is 117 Å². The van der Waals surface area contributed by atoms with Crippen molar-refractivity contribution in [2.24, 2.45) is 11.8 Å². The molecule has 2 saturated carbocycles. The van der Waals surface area contributed by atoms with Crippen LogP contribution in [0.2, 0.25) is 0 Å². The Hall–Kier alpha value is -3.88. The zero-order chi connectivity index (χ0) is 33.7. The van der Waals surface area contributed by atoms with Crippen molar-refractivity contribution in [3.63, 3.8) is 0 Å². The molecule has 3 aromatic rings. The molecule has 2 amide bonds. The quantitative estimate of drug-likeness (QED) is 0.252. The SMILES string of the molecule is COc1ccc([C@H]2CC[C@H](CN(c3cc(-c4cnn(C(C)C)c4)ccn3)C(=O)[C@H]3CC[C@H](NC(=O)OC(C)(C)C)CC3)CC2)cc1C. The lowest BCUT2D eigenvalue weighted by molar-refractivity contribution is -0.123. The molecule has 0 saturated heterocycles. The Bertz CT molecular complexity index is 1510. The minimum Gasteiger partial charge on any atom is -0.496 e. The van der Waals surface area contributed by atoms with E-state index < -0.39 is 11.7 Å². The number of ether oxygens (including phenoxy) is 2. The average Bonchev–Trinajstić information content (AvgIpc) is 3.54. The lowest BCUT2D eigenvalue weighted by atomic mass is 9.78. The third-order valence-electron chi connectivity index (χ3n) is 9.73. The maximum atomic E-state index is 14.4. The molecule has 0 radical (unpaired) electrons. The normalized spacial score (nSPS) is 21.7.